The molecule has 2 rings (SSSR count). The number of ether oxygens (including phenoxy) is 3. The molecule has 1 atom stereocenters. The van der Waals surface area contributed by atoms with Gasteiger partial charge < -0.3 is 19.9 Å². The third-order valence-electron chi connectivity index (χ3n) is 3.99. The van der Waals surface area contributed by atoms with Crippen LogP contribution in [0.2, 0.25) is 0 Å². The molecule has 4 heteroatoms. The van der Waals surface area contributed by atoms with Gasteiger partial charge in [-0.2, -0.15) is 0 Å². The van der Waals surface area contributed by atoms with Crippen molar-refractivity contribution < 1.29 is 14.2 Å². The van der Waals surface area contributed by atoms with Crippen LogP contribution in [0, 0.1) is 5.92 Å². The molecule has 4 nitrogen and oxygen atoms in total. The molecule has 2 N–H and O–H groups in total. The van der Waals surface area contributed by atoms with E-state index in [0.717, 1.165) is 22.8 Å². The fourth-order valence-corrected chi connectivity index (χ4v) is 2.91. The molecule has 0 radical (unpaired) electrons. The van der Waals surface area contributed by atoms with Gasteiger partial charge in [0.2, 0.25) is 0 Å². The average molecular weight is 265 g/mol. The van der Waals surface area contributed by atoms with Crippen molar-refractivity contribution in [2.24, 2.45) is 11.7 Å². The van der Waals surface area contributed by atoms with Crippen molar-refractivity contribution in [2.45, 2.75) is 31.7 Å². The van der Waals surface area contributed by atoms with Crippen LogP contribution in [-0.4, -0.2) is 21.3 Å². The number of rotatable bonds is 5. The van der Waals surface area contributed by atoms with Crippen LogP contribution in [0.1, 0.15) is 37.3 Å². The molecule has 1 aliphatic rings. The zero-order valence-corrected chi connectivity index (χ0v) is 11.9. The summed E-state index contributed by atoms with van der Waals surface area (Å²) in [7, 11) is 4.93. The summed E-state index contributed by atoms with van der Waals surface area (Å²) < 4.78 is 16.2. The maximum absolute atomic E-state index is 6.44. The van der Waals surface area contributed by atoms with Gasteiger partial charge in [0, 0.05) is 18.2 Å². The lowest BCUT2D eigenvalue weighted by Crippen LogP contribution is -2.20. The second kappa shape index (κ2) is 6.15. The van der Waals surface area contributed by atoms with Crippen LogP contribution in [0.5, 0.6) is 17.2 Å². The molecule has 0 heterocycles. The normalized spacial score (nSPS) is 17.3. The summed E-state index contributed by atoms with van der Waals surface area (Å²) in [5.41, 5.74) is 7.40. The SMILES string of the molecule is COc1cc(OC)c([C@@H](N)C2CCCC2)c(OC)c1. The van der Waals surface area contributed by atoms with Crippen molar-refractivity contribution in [3.8, 4) is 17.2 Å². The summed E-state index contributed by atoms with van der Waals surface area (Å²) in [6.45, 7) is 0. The highest BCUT2D eigenvalue weighted by Gasteiger charge is 2.28. The van der Waals surface area contributed by atoms with Crippen molar-refractivity contribution in [1.29, 1.82) is 0 Å². The Morgan fingerprint density at radius 1 is 1.00 bits per heavy atom. The molecule has 19 heavy (non-hydrogen) atoms. The molecule has 0 bridgehead atoms. The fraction of sp³-hybridized carbons (Fsp3) is 0.600. The maximum atomic E-state index is 6.44. The van der Waals surface area contributed by atoms with E-state index in [1.807, 2.05) is 12.1 Å². The van der Waals surface area contributed by atoms with E-state index in [4.69, 9.17) is 19.9 Å². The Morgan fingerprint density at radius 3 is 1.95 bits per heavy atom. The molecule has 0 aliphatic heterocycles. The van der Waals surface area contributed by atoms with Gasteiger partial charge in [-0.15, -0.1) is 0 Å². The monoisotopic (exact) mass is 265 g/mol. The summed E-state index contributed by atoms with van der Waals surface area (Å²) in [4.78, 5) is 0. The summed E-state index contributed by atoms with van der Waals surface area (Å²) in [5, 5.41) is 0. The van der Waals surface area contributed by atoms with Gasteiger partial charge >= 0.3 is 0 Å². The van der Waals surface area contributed by atoms with Gasteiger partial charge in [0.05, 0.1) is 26.9 Å². The van der Waals surface area contributed by atoms with E-state index in [1.54, 1.807) is 21.3 Å². The molecule has 0 unspecified atom stereocenters. The van der Waals surface area contributed by atoms with Crippen molar-refractivity contribution in [3.63, 3.8) is 0 Å². The Morgan fingerprint density at radius 2 is 1.53 bits per heavy atom. The van der Waals surface area contributed by atoms with E-state index in [1.165, 1.54) is 25.7 Å². The van der Waals surface area contributed by atoms with Crippen molar-refractivity contribution in [3.05, 3.63) is 17.7 Å². The van der Waals surface area contributed by atoms with Crippen LogP contribution < -0.4 is 19.9 Å². The van der Waals surface area contributed by atoms with Crippen LogP contribution in [-0.2, 0) is 0 Å². The molecule has 1 fully saturated rings. The van der Waals surface area contributed by atoms with Gasteiger partial charge in [0.1, 0.15) is 17.2 Å². The van der Waals surface area contributed by atoms with Crippen LogP contribution >= 0.6 is 0 Å². The first-order chi connectivity index (χ1) is 9.21. The first kappa shape index (κ1) is 14.0. The van der Waals surface area contributed by atoms with E-state index < -0.39 is 0 Å². The Labute approximate surface area is 114 Å². The highest BCUT2D eigenvalue weighted by atomic mass is 16.5. The minimum atomic E-state index is -0.0432. The minimum Gasteiger partial charge on any atom is -0.496 e. The third-order valence-corrected chi connectivity index (χ3v) is 3.99. The van der Waals surface area contributed by atoms with Gasteiger partial charge in [-0.25, -0.2) is 0 Å². The first-order valence-corrected chi connectivity index (χ1v) is 6.76. The highest BCUT2D eigenvalue weighted by molar-refractivity contribution is 5.52. The number of benzene rings is 1. The predicted octanol–water partition coefficient (Wildman–Crippen LogP) is 2.90. The predicted molar refractivity (Wildman–Crippen MR) is 75.0 cm³/mol. The molecule has 1 aromatic rings. The molecule has 106 valence electrons. The van der Waals surface area contributed by atoms with E-state index in [0.29, 0.717) is 5.92 Å². The highest BCUT2D eigenvalue weighted by Crippen LogP contribution is 2.43. The van der Waals surface area contributed by atoms with Crippen molar-refractivity contribution in [2.75, 3.05) is 21.3 Å². The van der Waals surface area contributed by atoms with Crippen LogP contribution in [0.3, 0.4) is 0 Å². The van der Waals surface area contributed by atoms with Crippen LogP contribution in [0.25, 0.3) is 0 Å². The van der Waals surface area contributed by atoms with Gasteiger partial charge in [0.25, 0.3) is 0 Å². The number of hydrogen-bond donors (Lipinski definition) is 1. The average Bonchev–Trinajstić information content (AvgIpc) is 2.99. The standard InChI is InChI=1S/C15H23NO3/c1-17-11-8-12(18-2)14(13(9-11)19-3)15(16)10-6-4-5-7-10/h8-10,15H,4-7,16H2,1-3H3/t15-/m0/s1. The van der Waals surface area contributed by atoms with E-state index in [9.17, 15) is 0 Å². The summed E-state index contributed by atoms with van der Waals surface area (Å²) in [5.74, 6) is 2.72. The molecule has 1 aliphatic carbocycles. The second-order valence-electron chi connectivity index (χ2n) is 5.02. The molecular formula is C15H23NO3. The Balaban J connectivity index is 2.40. The summed E-state index contributed by atoms with van der Waals surface area (Å²) in [6, 6.07) is 3.69. The largest absolute Gasteiger partial charge is 0.496 e. The Kier molecular flexibility index (Phi) is 4.53. The van der Waals surface area contributed by atoms with Crippen molar-refractivity contribution >= 4 is 0 Å². The smallest absolute Gasteiger partial charge is 0.131 e. The summed E-state index contributed by atoms with van der Waals surface area (Å²) >= 11 is 0. The first-order valence-electron chi connectivity index (χ1n) is 6.76. The number of hydrogen-bond acceptors (Lipinski definition) is 4. The lowest BCUT2D eigenvalue weighted by molar-refractivity contribution is 0.348. The van der Waals surface area contributed by atoms with Crippen LogP contribution in [0.15, 0.2) is 12.1 Å². The zero-order valence-electron chi connectivity index (χ0n) is 11.9. The molecule has 0 spiro atoms. The van der Waals surface area contributed by atoms with Crippen LogP contribution in [0.4, 0.5) is 0 Å². The third kappa shape index (κ3) is 2.78. The molecule has 0 saturated heterocycles. The summed E-state index contributed by atoms with van der Waals surface area (Å²) in [6.07, 6.45) is 4.89. The molecule has 1 aromatic carbocycles. The maximum Gasteiger partial charge on any atom is 0.131 e. The molecule has 0 aromatic heterocycles. The van der Waals surface area contributed by atoms with Crippen molar-refractivity contribution in [1.82, 2.24) is 0 Å². The lowest BCUT2D eigenvalue weighted by atomic mass is 9.91. The zero-order chi connectivity index (χ0) is 13.8. The quantitative estimate of drug-likeness (QED) is 0.889. The van der Waals surface area contributed by atoms with Gasteiger partial charge in [-0.1, -0.05) is 12.8 Å². The Bertz CT molecular complexity index is 402. The molecule has 1 saturated carbocycles. The van der Waals surface area contributed by atoms with E-state index >= 15 is 0 Å². The molecular weight excluding hydrogens is 242 g/mol. The number of methoxy groups -OCH3 is 3. The van der Waals surface area contributed by atoms with Gasteiger partial charge in [-0.05, 0) is 18.8 Å². The fourth-order valence-electron chi connectivity index (χ4n) is 2.91. The Hall–Kier alpha value is -1.42. The van der Waals surface area contributed by atoms with Gasteiger partial charge in [0.15, 0.2) is 0 Å². The molecule has 0 amide bonds. The second-order valence-corrected chi connectivity index (χ2v) is 5.02. The topological polar surface area (TPSA) is 53.7 Å². The lowest BCUT2D eigenvalue weighted by Gasteiger charge is -2.24. The number of nitrogens with two attached hydrogens (primary N) is 1. The minimum absolute atomic E-state index is 0.0432. The van der Waals surface area contributed by atoms with E-state index in [2.05, 4.69) is 0 Å². The van der Waals surface area contributed by atoms with Gasteiger partial charge in [-0.3, -0.25) is 0 Å². The van der Waals surface area contributed by atoms with E-state index in [-0.39, 0.29) is 6.04 Å².